The molecule has 0 radical (unpaired) electrons. The molecule has 0 heterocycles. The van der Waals surface area contributed by atoms with E-state index in [-0.39, 0.29) is 16.5 Å². The van der Waals surface area contributed by atoms with Crippen LogP contribution in [0.15, 0.2) is 41.3 Å². The van der Waals surface area contributed by atoms with Crippen molar-refractivity contribution in [1.29, 1.82) is 0 Å². The highest BCUT2D eigenvalue weighted by Crippen LogP contribution is 2.31. The molecule has 1 unspecified atom stereocenters. The Hall–Kier alpha value is -2.62. The van der Waals surface area contributed by atoms with E-state index in [0.29, 0.717) is 16.5 Å². The number of amides is 1. The first-order chi connectivity index (χ1) is 14.6. The van der Waals surface area contributed by atoms with Gasteiger partial charge in [-0.15, -0.1) is 0 Å². The van der Waals surface area contributed by atoms with E-state index in [9.17, 15) is 18.0 Å². The average Bonchev–Trinajstić information content (AvgIpc) is 3.53. The molecule has 2 N–H and O–H groups in total. The maximum absolute atomic E-state index is 12.5. The molecule has 3 rings (SSSR count). The Morgan fingerprint density at radius 1 is 1.16 bits per heavy atom. The Labute approximate surface area is 185 Å². The number of hydrogen-bond acceptors (Lipinski definition) is 6. The highest BCUT2D eigenvalue weighted by atomic mass is 35.5. The minimum atomic E-state index is -3.61. The van der Waals surface area contributed by atoms with Crippen molar-refractivity contribution in [2.75, 3.05) is 12.4 Å². The Kier molecular flexibility index (Phi) is 6.88. The molecule has 31 heavy (non-hydrogen) atoms. The fraction of sp³-hybridized carbons (Fsp3) is 0.333. The number of anilines is 1. The van der Waals surface area contributed by atoms with E-state index in [2.05, 4.69) is 10.0 Å². The number of halogens is 1. The van der Waals surface area contributed by atoms with Crippen molar-refractivity contribution < 1.29 is 27.5 Å². The number of ether oxygens (including phenoxy) is 2. The molecule has 1 amide bonds. The molecule has 1 aliphatic carbocycles. The fourth-order valence-corrected chi connectivity index (χ4v) is 4.16. The molecule has 0 bridgehead atoms. The number of hydrogen-bond donors (Lipinski definition) is 2. The molecular formula is C21H23ClN2O6S. The quantitative estimate of drug-likeness (QED) is 0.577. The molecule has 0 aromatic heterocycles. The number of methoxy groups -OCH3 is 1. The van der Waals surface area contributed by atoms with Crippen LogP contribution in [0, 0.1) is 6.92 Å². The van der Waals surface area contributed by atoms with Crippen LogP contribution < -0.4 is 14.8 Å². The number of rotatable bonds is 8. The van der Waals surface area contributed by atoms with E-state index < -0.39 is 28.0 Å². The summed E-state index contributed by atoms with van der Waals surface area (Å²) in [7, 11) is -2.16. The van der Waals surface area contributed by atoms with Gasteiger partial charge in [0.05, 0.1) is 23.3 Å². The third kappa shape index (κ3) is 5.75. The van der Waals surface area contributed by atoms with E-state index in [4.69, 9.17) is 21.1 Å². The minimum absolute atomic E-state index is 0.0166. The van der Waals surface area contributed by atoms with E-state index in [1.54, 1.807) is 19.1 Å². The molecule has 0 spiro atoms. The van der Waals surface area contributed by atoms with E-state index in [0.717, 1.165) is 18.4 Å². The van der Waals surface area contributed by atoms with Gasteiger partial charge in [-0.25, -0.2) is 17.9 Å². The Morgan fingerprint density at radius 2 is 1.81 bits per heavy atom. The third-order valence-electron chi connectivity index (χ3n) is 4.69. The highest BCUT2D eigenvalue weighted by Gasteiger charge is 2.28. The lowest BCUT2D eigenvalue weighted by atomic mass is 10.2. The van der Waals surface area contributed by atoms with Gasteiger partial charge in [-0.1, -0.05) is 11.6 Å². The van der Waals surface area contributed by atoms with Gasteiger partial charge in [-0.05, 0) is 62.6 Å². The van der Waals surface area contributed by atoms with Crippen LogP contribution in [0.2, 0.25) is 5.02 Å². The van der Waals surface area contributed by atoms with E-state index >= 15 is 0 Å². The zero-order valence-electron chi connectivity index (χ0n) is 17.3. The van der Waals surface area contributed by atoms with Crippen molar-refractivity contribution in [3.8, 4) is 5.75 Å². The molecule has 1 fully saturated rings. The second-order valence-electron chi connectivity index (χ2n) is 7.26. The summed E-state index contributed by atoms with van der Waals surface area (Å²) < 4.78 is 37.4. The Balaban J connectivity index is 1.63. The van der Waals surface area contributed by atoms with Crippen LogP contribution >= 0.6 is 11.6 Å². The number of esters is 1. The first kappa shape index (κ1) is 23.1. The van der Waals surface area contributed by atoms with Crippen LogP contribution in [-0.4, -0.2) is 39.5 Å². The first-order valence-electron chi connectivity index (χ1n) is 9.59. The molecule has 2 aromatic rings. The van der Waals surface area contributed by atoms with Gasteiger partial charge in [0.15, 0.2) is 6.10 Å². The van der Waals surface area contributed by atoms with E-state index in [1.807, 2.05) is 0 Å². The molecule has 1 atom stereocenters. The van der Waals surface area contributed by atoms with Gasteiger partial charge in [-0.2, -0.15) is 0 Å². The normalized spacial score (nSPS) is 14.6. The summed E-state index contributed by atoms with van der Waals surface area (Å²) in [5, 5.41) is 3.14. The third-order valence-corrected chi connectivity index (χ3v) is 6.63. The predicted octanol–water partition coefficient (Wildman–Crippen LogP) is 3.28. The topological polar surface area (TPSA) is 111 Å². The summed E-state index contributed by atoms with van der Waals surface area (Å²) in [5.41, 5.74) is 1.27. The Bertz CT molecular complexity index is 1100. The number of sulfonamides is 1. The van der Waals surface area contributed by atoms with Crippen molar-refractivity contribution in [2.45, 2.75) is 43.7 Å². The van der Waals surface area contributed by atoms with Crippen LogP contribution in [0.5, 0.6) is 5.75 Å². The SMILES string of the molecule is COc1cc(Cl)c(C)cc1NC(=O)C(C)OC(=O)c1ccc(S(=O)(=O)NC2CC2)cc1. The molecule has 1 saturated carbocycles. The number of carbonyl (C=O) groups excluding carboxylic acids is 2. The molecule has 8 nitrogen and oxygen atoms in total. The van der Waals surface area contributed by atoms with Gasteiger partial charge in [0.25, 0.3) is 5.91 Å². The number of carbonyl (C=O) groups is 2. The molecule has 0 aliphatic heterocycles. The Morgan fingerprint density at radius 3 is 2.39 bits per heavy atom. The van der Waals surface area contributed by atoms with Crippen molar-refractivity contribution in [1.82, 2.24) is 4.72 Å². The van der Waals surface area contributed by atoms with Crippen molar-refractivity contribution in [3.05, 3.63) is 52.5 Å². The number of benzene rings is 2. The second kappa shape index (κ2) is 9.25. The fourth-order valence-electron chi connectivity index (χ4n) is 2.71. The molecular weight excluding hydrogens is 444 g/mol. The van der Waals surface area contributed by atoms with Crippen LogP contribution in [0.25, 0.3) is 0 Å². The zero-order valence-corrected chi connectivity index (χ0v) is 18.8. The first-order valence-corrected chi connectivity index (χ1v) is 11.4. The predicted molar refractivity (Wildman–Crippen MR) is 116 cm³/mol. The largest absolute Gasteiger partial charge is 0.495 e. The minimum Gasteiger partial charge on any atom is -0.495 e. The van der Waals surface area contributed by atoms with Gasteiger partial charge in [0.2, 0.25) is 10.0 Å². The summed E-state index contributed by atoms with van der Waals surface area (Å²) >= 11 is 6.06. The standard InChI is InChI=1S/C21H23ClN2O6S/c1-12-10-18(19(29-3)11-17(12)22)23-20(25)13(2)30-21(26)14-4-8-16(9-5-14)31(27,28)24-15-6-7-15/h4-5,8-11,13,15,24H,6-7H2,1-3H3,(H,23,25). The van der Waals surface area contributed by atoms with Crippen LogP contribution in [0.4, 0.5) is 5.69 Å². The molecule has 1 aliphatic rings. The van der Waals surface area contributed by atoms with Gasteiger partial charge in [-0.3, -0.25) is 4.79 Å². The highest BCUT2D eigenvalue weighted by molar-refractivity contribution is 7.89. The van der Waals surface area contributed by atoms with E-state index in [1.165, 1.54) is 38.3 Å². The second-order valence-corrected chi connectivity index (χ2v) is 9.38. The van der Waals surface area contributed by atoms with Crippen LogP contribution in [-0.2, 0) is 19.6 Å². The summed E-state index contributed by atoms with van der Waals surface area (Å²) in [6.45, 7) is 3.21. The zero-order chi connectivity index (χ0) is 22.8. The van der Waals surface area contributed by atoms with Gasteiger partial charge >= 0.3 is 5.97 Å². The van der Waals surface area contributed by atoms with Gasteiger partial charge in [0.1, 0.15) is 5.75 Å². The smallest absolute Gasteiger partial charge is 0.338 e. The molecule has 0 saturated heterocycles. The van der Waals surface area contributed by atoms with Crippen molar-refractivity contribution in [2.24, 2.45) is 0 Å². The lowest BCUT2D eigenvalue weighted by Gasteiger charge is -2.16. The number of aryl methyl sites for hydroxylation is 1. The molecule has 166 valence electrons. The lowest BCUT2D eigenvalue weighted by Crippen LogP contribution is -2.30. The summed E-state index contributed by atoms with van der Waals surface area (Å²) in [6, 6.07) is 8.57. The van der Waals surface area contributed by atoms with Gasteiger partial charge in [0, 0.05) is 17.1 Å². The van der Waals surface area contributed by atoms with Crippen LogP contribution in [0.1, 0.15) is 35.7 Å². The summed E-state index contributed by atoms with van der Waals surface area (Å²) in [4.78, 5) is 24.9. The van der Waals surface area contributed by atoms with Crippen molar-refractivity contribution >= 4 is 39.2 Å². The molecule has 10 heteroatoms. The number of nitrogens with one attached hydrogen (secondary N) is 2. The molecule has 2 aromatic carbocycles. The maximum Gasteiger partial charge on any atom is 0.338 e. The monoisotopic (exact) mass is 466 g/mol. The summed E-state index contributed by atoms with van der Waals surface area (Å²) in [5.74, 6) is -0.929. The van der Waals surface area contributed by atoms with Crippen molar-refractivity contribution in [3.63, 3.8) is 0 Å². The van der Waals surface area contributed by atoms with Gasteiger partial charge < -0.3 is 14.8 Å². The van der Waals surface area contributed by atoms with Crippen LogP contribution in [0.3, 0.4) is 0 Å². The lowest BCUT2D eigenvalue weighted by molar-refractivity contribution is -0.123. The average molecular weight is 467 g/mol. The maximum atomic E-state index is 12.5. The summed E-state index contributed by atoms with van der Waals surface area (Å²) in [6.07, 6.45) is 0.545.